The minimum atomic E-state index is -0.479. The van der Waals surface area contributed by atoms with Gasteiger partial charge in [0.25, 0.3) is 0 Å². The summed E-state index contributed by atoms with van der Waals surface area (Å²) in [6.07, 6.45) is 1.46. The molecule has 0 unspecified atom stereocenters. The van der Waals surface area contributed by atoms with Crippen LogP contribution in [0.15, 0.2) is 53.6 Å². The predicted octanol–water partition coefficient (Wildman–Crippen LogP) is 3.03. The molecule has 6 heteroatoms. The van der Waals surface area contributed by atoms with Crippen molar-refractivity contribution in [2.24, 2.45) is 5.10 Å². The van der Waals surface area contributed by atoms with E-state index in [1.54, 1.807) is 48.5 Å². The molecule has 0 aliphatic carbocycles. The molecule has 0 bridgehead atoms. The number of carbonyl (C=O) groups is 2. The van der Waals surface area contributed by atoms with Crippen LogP contribution >= 0.6 is 11.6 Å². The molecule has 0 fully saturated rings. The van der Waals surface area contributed by atoms with Crippen molar-refractivity contribution in [2.75, 3.05) is 0 Å². The zero-order valence-corrected chi connectivity index (χ0v) is 12.5. The highest BCUT2D eigenvalue weighted by atomic mass is 35.5. The van der Waals surface area contributed by atoms with Crippen molar-refractivity contribution in [1.82, 2.24) is 5.43 Å². The highest BCUT2D eigenvalue weighted by Gasteiger charge is 2.08. The summed E-state index contributed by atoms with van der Waals surface area (Å²) < 4.78 is 5.28. The largest absolute Gasteiger partial charge is 0.423 e. The monoisotopic (exact) mass is 316 g/mol. The zero-order chi connectivity index (χ0) is 15.9. The zero-order valence-electron chi connectivity index (χ0n) is 11.7. The molecule has 2 aromatic carbocycles. The Hall–Kier alpha value is -2.66. The highest BCUT2D eigenvalue weighted by molar-refractivity contribution is 6.30. The van der Waals surface area contributed by atoms with Gasteiger partial charge in [0.1, 0.15) is 5.75 Å². The van der Waals surface area contributed by atoms with E-state index >= 15 is 0 Å². The maximum Gasteiger partial charge on any atom is 0.343 e. The quantitative estimate of drug-likeness (QED) is 0.408. The summed E-state index contributed by atoms with van der Waals surface area (Å²) in [4.78, 5) is 22.7. The van der Waals surface area contributed by atoms with Crippen molar-refractivity contribution in [3.05, 3.63) is 64.7 Å². The SMILES string of the molecule is CC(=O)NN=Cc1cccc(OC(=O)c2ccc(Cl)cc2)c1. The fourth-order valence-electron chi connectivity index (χ4n) is 1.61. The van der Waals surface area contributed by atoms with Crippen LogP contribution in [0.4, 0.5) is 0 Å². The van der Waals surface area contributed by atoms with Gasteiger partial charge in [-0.1, -0.05) is 23.7 Å². The van der Waals surface area contributed by atoms with Gasteiger partial charge < -0.3 is 4.74 Å². The molecule has 0 aliphatic rings. The molecule has 0 aliphatic heterocycles. The number of hydrogen-bond donors (Lipinski definition) is 1. The number of carbonyl (C=O) groups excluding carboxylic acids is 2. The van der Waals surface area contributed by atoms with E-state index in [1.807, 2.05) is 0 Å². The fourth-order valence-corrected chi connectivity index (χ4v) is 1.73. The number of rotatable bonds is 4. The molecule has 22 heavy (non-hydrogen) atoms. The number of ether oxygens (including phenoxy) is 1. The fraction of sp³-hybridized carbons (Fsp3) is 0.0625. The molecule has 0 saturated carbocycles. The molecule has 0 heterocycles. The minimum Gasteiger partial charge on any atom is -0.423 e. The van der Waals surface area contributed by atoms with Crippen molar-refractivity contribution < 1.29 is 14.3 Å². The number of nitrogens with zero attached hydrogens (tertiary/aromatic N) is 1. The van der Waals surface area contributed by atoms with Crippen LogP contribution in [0.1, 0.15) is 22.8 Å². The van der Waals surface area contributed by atoms with Crippen molar-refractivity contribution >= 4 is 29.7 Å². The van der Waals surface area contributed by atoms with Crippen LogP contribution in [0.5, 0.6) is 5.75 Å². The van der Waals surface area contributed by atoms with E-state index in [0.29, 0.717) is 21.9 Å². The molecular weight excluding hydrogens is 304 g/mol. The van der Waals surface area contributed by atoms with Crippen LogP contribution in [0, 0.1) is 0 Å². The van der Waals surface area contributed by atoms with Gasteiger partial charge >= 0.3 is 5.97 Å². The highest BCUT2D eigenvalue weighted by Crippen LogP contribution is 2.15. The van der Waals surface area contributed by atoms with Crippen LogP contribution in [0.25, 0.3) is 0 Å². The second-order valence-electron chi connectivity index (χ2n) is 4.40. The average molecular weight is 317 g/mol. The molecule has 0 saturated heterocycles. The molecule has 2 rings (SSSR count). The van der Waals surface area contributed by atoms with E-state index in [2.05, 4.69) is 10.5 Å². The summed E-state index contributed by atoms with van der Waals surface area (Å²) in [6.45, 7) is 1.36. The Morgan fingerprint density at radius 1 is 1.18 bits per heavy atom. The molecule has 0 spiro atoms. The molecule has 2 aromatic rings. The first-order chi connectivity index (χ1) is 10.5. The molecule has 1 N–H and O–H groups in total. The maximum absolute atomic E-state index is 12.0. The lowest BCUT2D eigenvalue weighted by molar-refractivity contribution is -0.118. The third kappa shape index (κ3) is 4.71. The Morgan fingerprint density at radius 2 is 1.91 bits per heavy atom. The number of benzene rings is 2. The van der Waals surface area contributed by atoms with Crippen LogP contribution in [0.2, 0.25) is 5.02 Å². The third-order valence-electron chi connectivity index (χ3n) is 2.58. The van der Waals surface area contributed by atoms with Gasteiger partial charge in [-0.2, -0.15) is 5.10 Å². The molecule has 1 amide bonds. The Bertz CT molecular complexity index is 712. The first-order valence-corrected chi connectivity index (χ1v) is 6.80. The van der Waals surface area contributed by atoms with E-state index in [0.717, 1.165) is 0 Å². The van der Waals surface area contributed by atoms with Crippen molar-refractivity contribution in [1.29, 1.82) is 0 Å². The van der Waals surface area contributed by atoms with E-state index in [1.165, 1.54) is 13.1 Å². The topological polar surface area (TPSA) is 67.8 Å². The molecule has 0 atom stereocenters. The van der Waals surface area contributed by atoms with Gasteiger partial charge in [0.05, 0.1) is 11.8 Å². The summed E-state index contributed by atoms with van der Waals surface area (Å²) in [6, 6.07) is 13.2. The number of esters is 1. The number of hydrazone groups is 1. The van der Waals surface area contributed by atoms with Crippen LogP contribution in [-0.2, 0) is 4.79 Å². The van der Waals surface area contributed by atoms with Crippen molar-refractivity contribution in [2.45, 2.75) is 6.92 Å². The molecular formula is C16H13ClN2O3. The van der Waals surface area contributed by atoms with Gasteiger partial charge in [-0.05, 0) is 42.0 Å². The standard InChI is InChI=1S/C16H13ClN2O3/c1-11(20)19-18-10-12-3-2-4-15(9-12)22-16(21)13-5-7-14(17)8-6-13/h2-10H,1H3,(H,19,20). The van der Waals surface area contributed by atoms with Gasteiger partial charge in [0.2, 0.25) is 5.91 Å². The number of nitrogens with one attached hydrogen (secondary N) is 1. The Labute approximate surface area is 132 Å². The number of halogens is 1. The lowest BCUT2D eigenvalue weighted by Gasteiger charge is -2.05. The third-order valence-corrected chi connectivity index (χ3v) is 2.84. The van der Waals surface area contributed by atoms with Gasteiger partial charge in [0, 0.05) is 11.9 Å². The molecule has 112 valence electrons. The summed E-state index contributed by atoms with van der Waals surface area (Å²) in [7, 11) is 0. The van der Waals surface area contributed by atoms with Crippen LogP contribution in [0.3, 0.4) is 0 Å². The smallest absolute Gasteiger partial charge is 0.343 e. The van der Waals surface area contributed by atoms with E-state index < -0.39 is 5.97 Å². The molecule has 5 nitrogen and oxygen atoms in total. The predicted molar refractivity (Wildman–Crippen MR) is 84.3 cm³/mol. The van der Waals surface area contributed by atoms with E-state index in [4.69, 9.17) is 16.3 Å². The number of amides is 1. The van der Waals surface area contributed by atoms with Crippen molar-refractivity contribution in [3.8, 4) is 5.75 Å². The van der Waals surface area contributed by atoms with Gasteiger partial charge in [-0.15, -0.1) is 0 Å². The minimum absolute atomic E-state index is 0.262. The normalized spacial score (nSPS) is 10.5. The lowest BCUT2D eigenvalue weighted by atomic mass is 10.2. The van der Waals surface area contributed by atoms with Crippen LogP contribution < -0.4 is 10.2 Å². The Kier molecular flexibility index (Phi) is 5.27. The average Bonchev–Trinajstić information content (AvgIpc) is 2.48. The van der Waals surface area contributed by atoms with Gasteiger partial charge in [-0.3, -0.25) is 4.79 Å². The summed E-state index contributed by atoms with van der Waals surface area (Å²) >= 11 is 5.77. The summed E-state index contributed by atoms with van der Waals surface area (Å²) in [5.41, 5.74) is 3.39. The number of hydrogen-bond acceptors (Lipinski definition) is 4. The van der Waals surface area contributed by atoms with Crippen LogP contribution in [-0.4, -0.2) is 18.1 Å². The molecule has 0 radical (unpaired) electrons. The summed E-state index contributed by atoms with van der Waals surface area (Å²) in [5, 5.41) is 4.30. The van der Waals surface area contributed by atoms with Gasteiger partial charge in [0.15, 0.2) is 0 Å². The second-order valence-corrected chi connectivity index (χ2v) is 4.83. The maximum atomic E-state index is 12.0. The van der Waals surface area contributed by atoms with Gasteiger partial charge in [-0.25, -0.2) is 10.2 Å². The lowest BCUT2D eigenvalue weighted by Crippen LogP contribution is -2.12. The summed E-state index contributed by atoms with van der Waals surface area (Å²) in [5.74, 6) is -0.360. The first kappa shape index (κ1) is 15.7. The Morgan fingerprint density at radius 3 is 2.59 bits per heavy atom. The van der Waals surface area contributed by atoms with Crippen molar-refractivity contribution in [3.63, 3.8) is 0 Å². The first-order valence-electron chi connectivity index (χ1n) is 6.42. The van der Waals surface area contributed by atoms with E-state index in [-0.39, 0.29) is 5.91 Å². The van der Waals surface area contributed by atoms with E-state index in [9.17, 15) is 9.59 Å². The Balaban J connectivity index is 2.06. The molecule has 0 aromatic heterocycles. The second kappa shape index (κ2) is 7.38.